The number of hydrogen-bond donors (Lipinski definition) is 3. The lowest BCUT2D eigenvalue weighted by molar-refractivity contribution is -0.139. The first-order valence-corrected chi connectivity index (χ1v) is 7.44. The molecule has 3 N–H and O–H groups in total. The van der Waals surface area contributed by atoms with Gasteiger partial charge in [0, 0.05) is 13.0 Å². The van der Waals surface area contributed by atoms with Crippen LogP contribution in [0.25, 0.3) is 0 Å². The molecule has 0 aromatic heterocycles. The highest BCUT2D eigenvalue weighted by Gasteiger charge is 2.19. The van der Waals surface area contributed by atoms with Crippen molar-refractivity contribution < 1.29 is 14.7 Å². The number of urea groups is 1. The minimum absolute atomic E-state index is 0.277. The molecule has 0 unspecified atom stereocenters. The molecular weight excluding hydrogens is 268 g/mol. The van der Waals surface area contributed by atoms with E-state index in [2.05, 4.69) is 17.6 Å². The highest BCUT2D eigenvalue weighted by atomic mass is 16.4. The molecule has 1 atom stereocenters. The fourth-order valence-corrected chi connectivity index (χ4v) is 2.01. The molecular formula is C16H24N2O3. The van der Waals surface area contributed by atoms with Crippen molar-refractivity contribution in [3.05, 3.63) is 35.9 Å². The SMILES string of the molecule is CCCCCCNC(=O)N[C@H](Cc1ccccc1)C(=O)O. The molecule has 2 amide bonds. The minimum atomic E-state index is -1.03. The Morgan fingerprint density at radius 3 is 2.48 bits per heavy atom. The van der Waals surface area contributed by atoms with Gasteiger partial charge >= 0.3 is 12.0 Å². The molecule has 5 nitrogen and oxygen atoms in total. The summed E-state index contributed by atoms with van der Waals surface area (Å²) < 4.78 is 0. The normalized spacial score (nSPS) is 11.7. The first-order chi connectivity index (χ1) is 10.1. The summed E-state index contributed by atoms with van der Waals surface area (Å²) in [4.78, 5) is 22.9. The van der Waals surface area contributed by atoms with Crippen LogP contribution in [0.4, 0.5) is 4.79 Å². The molecule has 0 aliphatic heterocycles. The molecule has 0 saturated carbocycles. The number of aliphatic carboxylic acids is 1. The van der Waals surface area contributed by atoms with E-state index in [0.29, 0.717) is 6.54 Å². The Bertz CT molecular complexity index is 434. The molecule has 0 bridgehead atoms. The van der Waals surface area contributed by atoms with Crippen molar-refractivity contribution in [1.29, 1.82) is 0 Å². The van der Waals surface area contributed by atoms with E-state index >= 15 is 0 Å². The number of carbonyl (C=O) groups is 2. The summed E-state index contributed by atoms with van der Waals surface area (Å²) in [6.45, 7) is 2.70. The number of nitrogens with one attached hydrogen (secondary N) is 2. The van der Waals surface area contributed by atoms with Crippen LogP contribution in [0.1, 0.15) is 38.2 Å². The largest absolute Gasteiger partial charge is 0.480 e. The maximum atomic E-state index is 11.7. The highest BCUT2D eigenvalue weighted by Crippen LogP contribution is 2.03. The summed E-state index contributed by atoms with van der Waals surface area (Å²) in [7, 11) is 0. The van der Waals surface area contributed by atoms with Crippen molar-refractivity contribution in [2.45, 2.75) is 45.1 Å². The smallest absolute Gasteiger partial charge is 0.326 e. The first kappa shape index (κ1) is 17.0. The van der Waals surface area contributed by atoms with Crippen molar-refractivity contribution in [1.82, 2.24) is 10.6 Å². The number of carbonyl (C=O) groups excluding carboxylic acids is 1. The Balaban J connectivity index is 2.36. The molecule has 0 aliphatic rings. The number of benzene rings is 1. The van der Waals surface area contributed by atoms with Gasteiger partial charge in [0.05, 0.1) is 0 Å². The topological polar surface area (TPSA) is 78.4 Å². The summed E-state index contributed by atoms with van der Waals surface area (Å²) >= 11 is 0. The third-order valence-electron chi connectivity index (χ3n) is 3.20. The van der Waals surface area contributed by atoms with Crippen LogP contribution in [0, 0.1) is 0 Å². The van der Waals surface area contributed by atoms with Crippen molar-refractivity contribution in [3.8, 4) is 0 Å². The van der Waals surface area contributed by atoms with Crippen LogP contribution in [-0.4, -0.2) is 29.7 Å². The van der Waals surface area contributed by atoms with E-state index in [9.17, 15) is 14.7 Å². The molecule has 0 heterocycles. The van der Waals surface area contributed by atoms with E-state index in [-0.39, 0.29) is 6.42 Å². The van der Waals surface area contributed by atoms with Crippen LogP contribution in [0.5, 0.6) is 0 Å². The molecule has 0 aliphatic carbocycles. The Morgan fingerprint density at radius 1 is 1.14 bits per heavy atom. The van der Waals surface area contributed by atoms with E-state index in [1.807, 2.05) is 30.3 Å². The van der Waals surface area contributed by atoms with Crippen LogP contribution >= 0.6 is 0 Å². The summed E-state index contributed by atoms with van der Waals surface area (Å²) in [5.41, 5.74) is 0.883. The van der Waals surface area contributed by atoms with Crippen molar-refractivity contribution in [2.24, 2.45) is 0 Å². The predicted molar refractivity (Wildman–Crippen MR) is 82.2 cm³/mol. The average molecular weight is 292 g/mol. The minimum Gasteiger partial charge on any atom is -0.480 e. The zero-order valence-corrected chi connectivity index (χ0v) is 12.5. The Hall–Kier alpha value is -2.04. The molecule has 0 radical (unpaired) electrons. The standard InChI is InChI=1S/C16H24N2O3/c1-2-3-4-8-11-17-16(21)18-14(15(19)20)12-13-9-6-5-7-10-13/h5-7,9-10,14H,2-4,8,11-12H2,1H3,(H,19,20)(H2,17,18,21)/t14-/m1/s1. The molecule has 0 fully saturated rings. The van der Waals surface area contributed by atoms with Gasteiger partial charge in [-0.1, -0.05) is 56.5 Å². The maximum Gasteiger partial charge on any atom is 0.326 e. The number of hydrogen-bond acceptors (Lipinski definition) is 2. The molecule has 1 aromatic rings. The van der Waals surface area contributed by atoms with Crippen molar-refractivity contribution >= 4 is 12.0 Å². The zero-order valence-electron chi connectivity index (χ0n) is 12.5. The van der Waals surface area contributed by atoms with Crippen LogP contribution in [0.2, 0.25) is 0 Å². The van der Waals surface area contributed by atoms with Gasteiger partial charge in [0.1, 0.15) is 6.04 Å². The van der Waals surface area contributed by atoms with Gasteiger partial charge in [-0.3, -0.25) is 0 Å². The van der Waals surface area contributed by atoms with Gasteiger partial charge in [0.15, 0.2) is 0 Å². The summed E-state index contributed by atoms with van der Waals surface area (Å²) in [5.74, 6) is -1.03. The second-order valence-corrected chi connectivity index (χ2v) is 5.04. The molecule has 116 valence electrons. The van der Waals surface area contributed by atoms with Gasteiger partial charge in [0.2, 0.25) is 0 Å². The Morgan fingerprint density at radius 2 is 1.86 bits per heavy atom. The van der Waals surface area contributed by atoms with Crippen LogP contribution in [0.3, 0.4) is 0 Å². The van der Waals surface area contributed by atoms with Crippen LogP contribution in [-0.2, 0) is 11.2 Å². The van der Waals surface area contributed by atoms with Gasteiger partial charge in [-0.05, 0) is 12.0 Å². The van der Waals surface area contributed by atoms with E-state index in [1.165, 1.54) is 0 Å². The fourth-order valence-electron chi connectivity index (χ4n) is 2.01. The average Bonchev–Trinajstić information content (AvgIpc) is 2.47. The van der Waals surface area contributed by atoms with Crippen molar-refractivity contribution in [3.63, 3.8) is 0 Å². The zero-order chi connectivity index (χ0) is 15.5. The van der Waals surface area contributed by atoms with E-state index in [1.54, 1.807) is 0 Å². The second kappa shape index (κ2) is 9.80. The third-order valence-corrected chi connectivity index (χ3v) is 3.20. The summed E-state index contributed by atoms with van der Waals surface area (Å²) in [6.07, 6.45) is 4.56. The van der Waals surface area contributed by atoms with Crippen molar-refractivity contribution in [2.75, 3.05) is 6.54 Å². The van der Waals surface area contributed by atoms with Gasteiger partial charge < -0.3 is 15.7 Å². The Kier molecular flexibility index (Phi) is 7.94. The highest BCUT2D eigenvalue weighted by molar-refractivity contribution is 5.82. The van der Waals surface area contributed by atoms with Crippen LogP contribution in [0.15, 0.2) is 30.3 Å². The van der Waals surface area contributed by atoms with Gasteiger partial charge in [0.25, 0.3) is 0 Å². The Labute approximate surface area is 125 Å². The molecule has 0 saturated heterocycles. The first-order valence-electron chi connectivity index (χ1n) is 7.44. The van der Waals surface area contributed by atoms with E-state index in [0.717, 1.165) is 31.2 Å². The number of carboxylic acids is 1. The van der Waals surface area contributed by atoms with Crippen LogP contribution < -0.4 is 10.6 Å². The second-order valence-electron chi connectivity index (χ2n) is 5.04. The third kappa shape index (κ3) is 7.34. The summed E-state index contributed by atoms with van der Waals surface area (Å²) in [5, 5.41) is 14.4. The number of carboxylic acid groups (broad SMARTS) is 1. The molecule has 0 spiro atoms. The molecule has 1 aromatic carbocycles. The molecule has 5 heteroatoms. The predicted octanol–water partition coefficient (Wildman–Crippen LogP) is 2.56. The van der Waals surface area contributed by atoms with Gasteiger partial charge in [-0.2, -0.15) is 0 Å². The maximum absolute atomic E-state index is 11.7. The molecule has 21 heavy (non-hydrogen) atoms. The molecule has 1 rings (SSSR count). The lowest BCUT2D eigenvalue weighted by Gasteiger charge is -2.15. The van der Waals surface area contributed by atoms with Gasteiger partial charge in [-0.15, -0.1) is 0 Å². The van der Waals surface area contributed by atoms with E-state index in [4.69, 9.17) is 0 Å². The van der Waals surface area contributed by atoms with E-state index < -0.39 is 18.0 Å². The quantitative estimate of drug-likeness (QED) is 0.612. The number of amides is 2. The fraction of sp³-hybridized carbons (Fsp3) is 0.500. The number of unbranched alkanes of at least 4 members (excludes halogenated alkanes) is 3. The number of rotatable bonds is 9. The lowest BCUT2D eigenvalue weighted by atomic mass is 10.1. The monoisotopic (exact) mass is 292 g/mol. The lowest BCUT2D eigenvalue weighted by Crippen LogP contribution is -2.47. The van der Waals surface area contributed by atoms with Gasteiger partial charge in [-0.25, -0.2) is 9.59 Å². The summed E-state index contributed by atoms with van der Waals surface area (Å²) in [6, 6.07) is 7.93.